The average Bonchev–Trinajstić information content (AvgIpc) is 3.36. The van der Waals surface area contributed by atoms with E-state index in [-0.39, 0.29) is 29.8 Å². The highest BCUT2D eigenvalue weighted by atomic mass is 16.5. The molecule has 0 radical (unpaired) electrons. The maximum absolute atomic E-state index is 13.1. The van der Waals surface area contributed by atoms with Gasteiger partial charge < -0.3 is 20.3 Å². The molecular weight excluding hydrogens is 410 g/mol. The Labute approximate surface area is 185 Å². The summed E-state index contributed by atoms with van der Waals surface area (Å²) in [7, 11) is 0. The van der Waals surface area contributed by atoms with Gasteiger partial charge in [0.05, 0.1) is 12.3 Å². The summed E-state index contributed by atoms with van der Waals surface area (Å²) in [6.07, 6.45) is 6.47. The molecule has 0 spiro atoms. The smallest absolute Gasteiger partial charge is 0.273 e. The van der Waals surface area contributed by atoms with Gasteiger partial charge in [-0.3, -0.25) is 9.59 Å². The van der Waals surface area contributed by atoms with Gasteiger partial charge in [-0.2, -0.15) is 5.10 Å². The lowest BCUT2D eigenvalue weighted by Gasteiger charge is -2.31. The van der Waals surface area contributed by atoms with Crippen molar-refractivity contribution >= 4 is 23.1 Å². The van der Waals surface area contributed by atoms with Crippen LogP contribution in [0.1, 0.15) is 53.1 Å². The first-order valence-electron chi connectivity index (χ1n) is 10.8. The molecular formula is C22H25N7O3. The molecule has 2 N–H and O–H groups in total. The van der Waals surface area contributed by atoms with Gasteiger partial charge in [0.25, 0.3) is 11.8 Å². The summed E-state index contributed by atoms with van der Waals surface area (Å²) in [4.78, 5) is 36.8. The van der Waals surface area contributed by atoms with E-state index in [4.69, 9.17) is 4.74 Å². The van der Waals surface area contributed by atoms with E-state index >= 15 is 0 Å². The van der Waals surface area contributed by atoms with Gasteiger partial charge in [0.1, 0.15) is 16.9 Å². The van der Waals surface area contributed by atoms with E-state index in [1.165, 1.54) is 10.7 Å². The molecule has 0 bridgehead atoms. The van der Waals surface area contributed by atoms with Crippen LogP contribution in [0.4, 0.5) is 5.69 Å². The third-order valence-corrected chi connectivity index (χ3v) is 5.74. The highest BCUT2D eigenvalue weighted by Crippen LogP contribution is 2.33. The van der Waals surface area contributed by atoms with Crippen LogP contribution in [0.2, 0.25) is 0 Å². The number of fused-ring (bicyclic) bond motifs is 2. The zero-order valence-corrected chi connectivity index (χ0v) is 18.0. The SMILES string of the molecule is CC(C)Oc1nc2c(cc1NC(=O)c1cnn3cccnc13)CN(C1CCNCC1)C2=O. The molecule has 3 aromatic rings. The Morgan fingerprint density at radius 2 is 2.12 bits per heavy atom. The van der Waals surface area contributed by atoms with Crippen molar-refractivity contribution in [2.45, 2.75) is 45.4 Å². The van der Waals surface area contributed by atoms with Gasteiger partial charge in [-0.1, -0.05) is 0 Å². The summed E-state index contributed by atoms with van der Waals surface area (Å²) in [5.41, 5.74) is 2.41. The molecule has 166 valence electrons. The monoisotopic (exact) mass is 435 g/mol. The molecule has 10 nitrogen and oxygen atoms in total. The first-order valence-corrected chi connectivity index (χ1v) is 10.8. The van der Waals surface area contributed by atoms with E-state index in [1.807, 2.05) is 18.7 Å². The van der Waals surface area contributed by atoms with E-state index in [1.54, 1.807) is 24.5 Å². The molecule has 1 saturated heterocycles. The number of rotatable bonds is 5. The summed E-state index contributed by atoms with van der Waals surface area (Å²) in [6, 6.07) is 3.73. The van der Waals surface area contributed by atoms with Crippen LogP contribution in [0.3, 0.4) is 0 Å². The van der Waals surface area contributed by atoms with Crippen molar-refractivity contribution < 1.29 is 14.3 Å². The van der Waals surface area contributed by atoms with Crippen LogP contribution in [0.25, 0.3) is 5.65 Å². The number of aromatic nitrogens is 4. The molecule has 0 unspecified atom stereocenters. The maximum Gasteiger partial charge on any atom is 0.273 e. The highest BCUT2D eigenvalue weighted by molar-refractivity contribution is 6.09. The Balaban J connectivity index is 1.46. The Hall–Kier alpha value is -3.53. The third-order valence-electron chi connectivity index (χ3n) is 5.74. The Morgan fingerprint density at radius 1 is 1.31 bits per heavy atom. The number of hydrogen-bond acceptors (Lipinski definition) is 7. The topological polar surface area (TPSA) is 114 Å². The van der Waals surface area contributed by atoms with Crippen molar-refractivity contribution in [1.82, 2.24) is 29.8 Å². The highest BCUT2D eigenvalue weighted by Gasteiger charge is 2.36. The van der Waals surface area contributed by atoms with Gasteiger partial charge in [-0.15, -0.1) is 0 Å². The van der Waals surface area contributed by atoms with Crippen molar-refractivity contribution in [3.63, 3.8) is 0 Å². The fourth-order valence-electron chi connectivity index (χ4n) is 4.23. The average molecular weight is 435 g/mol. The van der Waals surface area contributed by atoms with Crippen LogP contribution >= 0.6 is 0 Å². The van der Waals surface area contributed by atoms with Gasteiger partial charge in [0.15, 0.2) is 5.65 Å². The molecule has 0 aliphatic carbocycles. The van der Waals surface area contributed by atoms with Crippen molar-refractivity contribution in [3.05, 3.63) is 47.5 Å². The predicted octanol–water partition coefficient (Wildman–Crippen LogP) is 1.87. The summed E-state index contributed by atoms with van der Waals surface area (Å²) in [5, 5.41) is 10.4. The van der Waals surface area contributed by atoms with Crippen LogP contribution in [0.15, 0.2) is 30.7 Å². The number of anilines is 1. The van der Waals surface area contributed by atoms with Crippen molar-refractivity contribution in [2.75, 3.05) is 18.4 Å². The van der Waals surface area contributed by atoms with Crippen LogP contribution in [0, 0.1) is 0 Å². The number of amides is 2. The molecule has 0 aromatic carbocycles. The lowest BCUT2D eigenvalue weighted by atomic mass is 10.1. The quantitative estimate of drug-likeness (QED) is 0.629. The minimum Gasteiger partial charge on any atom is -0.473 e. The number of nitrogens with one attached hydrogen (secondary N) is 2. The van der Waals surface area contributed by atoms with E-state index in [9.17, 15) is 9.59 Å². The summed E-state index contributed by atoms with van der Waals surface area (Å²) >= 11 is 0. The summed E-state index contributed by atoms with van der Waals surface area (Å²) in [6.45, 7) is 6.02. The molecule has 2 aliphatic rings. The Kier molecular flexibility index (Phi) is 5.22. The van der Waals surface area contributed by atoms with Gasteiger partial charge >= 0.3 is 0 Å². The second kappa shape index (κ2) is 8.19. The fraction of sp³-hybridized carbons (Fsp3) is 0.409. The molecule has 5 rings (SSSR count). The summed E-state index contributed by atoms with van der Waals surface area (Å²) in [5.74, 6) is -0.212. The van der Waals surface area contributed by atoms with Gasteiger partial charge in [-0.25, -0.2) is 14.5 Å². The predicted molar refractivity (Wildman–Crippen MR) is 117 cm³/mol. The van der Waals surface area contributed by atoms with E-state index in [0.717, 1.165) is 31.5 Å². The largest absolute Gasteiger partial charge is 0.473 e. The van der Waals surface area contributed by atoms with Crippen LogP contribution < -0.4 is 15.4 Å². The lowest BCUT2D eigenvalue weighted by Crippen LogP contribution is -2.43. The number of piperidine rings is 1. The fourth-order valence-corrected chi connectivity index (χ4v) is 4.23. The first kappa shape index (κ1) is 20.4. The number of hydrogen-bond donors (Lipinski definition) is 2. The molecule has 32 heavy (non-hydrogen) atoms. The lowest BCUT2D eigenvalue weighted by molar-refractivity contribution is 0.0663. The minimum atomic E-state index is -0.367. The first-order chi connectivity index (χ1) is 15.5. The molecule has 2 amide bonds. The van der Waals surface area contributed by atoms with Gasteiger partial charge in [-0.05, 0) is 51.9 Å². The second-order valence-corrected chi connectivity index (χ2v) is 8.33. The van der Waals surface area contributed by atoms with Crippen molar-refractivity contribution in [3.8, 4) is 5.88 Å². The van der Waals surface area contributed by atoms with E-state index in [0.29, 0.717) is 29.1 Å². The standard InChI is InChI=1S/C22H25N7O3/c1-13(2)32-21-17(26-20(30)16-11-25-29-9-3-6-24-19(16)29)10-14-12-28(22(31)18(14)27-21)15-4-7-23-8-5-15/h3,6,9-11,13,15,23H,4-5,7-8,12H2,1-2H3,(H,26,30). The number of pyridine rings is 1. The summed E-state index contributed by atoms with van der Waals surface area (Å²) < 4.78 is 7.40. The minimum absolute atomic E-state index is 0.0785. The molecule has 1 fully saturated rings. The van der Waals surface area contributed by atoms with E-state index in [2.05, 4.69) is 25.7 Å². The Bertz CT molecular complexity index is 1180. The normalized spacial score (nSPS) is 16.6. The molecule has 0 atom stereocenters. The zero-order valence-electron chi connectivity index (χ0n) is 18.0. The maximum atomic E-state index is 13.1. The van der Waals surface area contributed by atoms with E-state index < -0.39 is 0 Å². The second-order valence-electron chi connectivity index (χ2n) is 8.33. The van der Waals surface area contributed by atoms with Crippen LogP contribution in [0.5, 0.6) is 5.88 Å². The number of carbonyl (C=O) groups excluding carboxylic acids is 2. The van der Waals surface area contributed by atoms with Crippen molar-refractivity contribution in [1.29, 1.82) is 0 Å². The van der Waals surface area contributed by atoms with Gasteiger partial charge in [0, 0.05) is 30.5 Å². The third kappa shape index (κ3) is 3.66. The zero-order chi connectivity index (χ0) is 22.2. The van der Waals surface area contributed by atoms with Crippen LogP contribution in [-0.4, -0.2) is 61.5 Å². The number of ether oxygens (including phenoxy) is 1. The Morgan fingerprint density at radius 3 is 2.91 bits per heavy atom. The molecule has 5 heterocycles. The molecule has 3 aromatic heterocycles. The number of carbonyl (C=O) groups is 2. The molecule has 2 aliphatic heterocycles. The number of nitrogens with zero attached hydrogens (tertiary/aromatic N) is 5. The van der Waals surface area contributed by atoms with Gasteiger partial charge in [0.2, 0.25) is 5.88 Å². The van der Waals surface area contributed by atoms with Crippen LogP contribution in [-0.2, 0) is 6.54 Å². The molecule has 10 heteroatoms. The van der Waals surface area contributed by atoms with Crippen molar-refractivity contribution in [2.24, 2.45) is 0 Å². The molecule has 0 saturated carbocycles.